The van der Waals surface area contributed by atoms with Gasteiger partial charge in [0.2, 0.25) is 0 Å². The summed E-state index contributed by atoms with van der Waals surface area (Å²) in [7, 11) is 0. The van der Waals surface area contributed by atoms with E-state index in [1.807, 2.05) is 30.3 Å². The zero-order valence-electron chi connectivity index (χ0n) is 9.41. The Hall–Kier alpha value is -0.540. The van der Waals surface area contributed by atoms with Gasteiger partial charge >= 0.3 is 0 Å². The lowest BCUT2D eigenvalue weighted by atomic mass is 10.0. The van der Waals surface area contributed by atoms with Gasteiger partial charge in [0.05, 0.1) is 6.10 Å². The van der Waals surface area contributed by atoms with Crippen LogP contribution in [-0.2, 0) is 6.42 Å². The van der Waals surface area contributed by atoms with Gasteiger partial charge in [-0.3, -0.25) is 0 Å². The SMILES string of the molecule is OC(Cc1ccc(Cl)cc1)c1ccc(Cl)cc1Br. The molecule has 0 aliphatic carbocycles. The van der Waals surface area contributed by atoms with Gasteiger partial charge in [-0.15, -0.1) is 0 Å². The second-order valence-electron chi connectivity index (χ2n) is 4.01. The minimum absolute atomic E-state index is 0.539. The molecule has 0 heterocycles. The van der Waals surface area contributed by atoms with Crippen LogP contribution in [0.5, 0.6) is 0 Å². The molecule has 1 unspecified atom stereocenters. The first-order valence-electron chi connectivity index (χ1n) is 5.44. The van der Waals surface area contributed by atoms with E-state index in [0.717, 1.165) is 15.6 Å². The summed E-state index contributed by atoms with van der Waals surface area (Å²) in [6.45, 7) is 0. The van der Waals surface area contributed by atoms with Crippen LogP contribution >= 0.6 is 39.1 Å². The van der Waals surface area contributed by atoms with E-state index in [1.54, 1.807) is 12.1 Å². The third-order valence-corrected chi connectivity index (χ3v) is 3.84. The number of halogens is 3. The van der Waals surface area contributed by atoms with Crippen LogP contribution in [0.3, 0.4) is 0 Å². The van der Waals surface area contributed by atoms with Gasteiger partial charge in [-0.05, 0) is 35.4 Å². The standard InChI is InChI=1S/C14H11BrCl2O/c15-13-8-11(17)5-6-12(13)14(18)7-9-1-3-10(16)4-2-9/h1-6,8,14,18H,7H2. The minimum atomic E-state index is -0.571. The third-order valence-electron chi connectivity index (χ3n) is 2.66. The predicted molar refractivity (Wildman–Crippen MR) is 79.3 cm³/mol. The molecule has 2 aromatic rings. The van der Waals surface area contributed by atoms with Crippen molar-refractivity contribution in [3.63, 3.8) is 0 Å². The van der Waals surface area contributed by atoms with Gasteiger partial charge in [0.25, 0.3) is 0 Å². The number of hydrogen-bond acceptors (Lipinski definition) is 1. The molecule has 1 atom stereocenters. The summed E-state index contributed by atoms with van der Waals surface area (Å²) in [5, 5.41) is 11.5. The van der Waals surface area contributed by atoms with Gasteiger partial charge in [-0.25, -0.2) is 0 Å². The molecule has 2 aromatic carbocycles. The topological polar surface area (TPSA) is 20.2 Å². The molecule has 18 heavy (non-hydrogen) atoms. The fraction of sp³-hybridized carbons (Fsp3) is 0.143. The molecule has 0 aromatic heterocycles. The number of aliphatic hydroxyl groups is 1. The maximum Gasteiger partial charge on any atom is 0.0841 e. The van der Waals surface area contributed by atoms with Gasteiger partial charge in [0.1, 0.15) is 0 Å². The molecule has 0 bridgehead atoms. The van der Waals surface area contributed by atoms with Gasteiger partial charge in [0.15, 0.2) is 0 Å². The zero-order chi connectivity index (χ0) is 13.1. The number of rotatable bonds is 3. The Morgan fingerprint density at radius 1 is 1.00 bits per heavy atom. The first-order valence-corrected chi connectivity index (χ1v) is 6.98. The summed E-state index contributed by atoms with van der Waals surface area (Å²) < 4.78 is 0.816. The molecule has 0 aliphatic rings. The lowest BCUT2D eigenvalue weighted by Crippen LogP contribution is -2.02. The monoisotopic (exact) mass is 344 g/mol. The Labute approximate surface area is 124 Å². The summed E-state index contributed by atoms with van der Waals surface area (Å²) in [6.07, 6.45) is -0.0324. The molecule has 0 fully saturated rings. The van der Waals surface area contributed by atoms with E-state index in [4.69, 9.17) is 23.2 Å². The van der Waals surface area contributed by atoms with Crippen LogP contribution in [0.4, 0.5) is 0 Å². The molecular weight excluding hydrogens is 335 g/mol. The smallest absolute Gasteiger partial charge is 0.0841 e. The highest BCUT2D eigenvalue weighted by atomic mass is 79.9. The van der Waals surface area contributed by atoms with E-state index in [-0.39, 0.29) is 0 Å². The molecule has 0 saturated carbocycles. The normalized spacial score (nSPS) is 12.4. The van der Waals surface area contributed by atoms with Crippen molar-refractivity contribution >= 4 is 39.1 Å². The summed E-state index contributed by atoms with van der Waals surface area (Å²) in [5.41, 5.74) is 1.86. The summed E-state index contributed by atoms with van der Waals surface area (Å²) >= 11 is 15.1. The number of benzene rings is 2. The Bertz CT molecular complexity index is 540. The van der Waals surface area contributed by atoms with Gasteiger partial charge in [-0.2, -0.15) is 0 Å². The summed E-state index contributed by atoms with van der Waals surface area (Å²) in [5.74, 6) is 0. The molecule has 1 nitrogen and oxygen atoms in total. The quantitative estimate of drug-likeness (QED) is 0.826. The predicted octanol–water partition coefficient (Wildman–Crippen LogP) is 5.03. The average molecular weight is 346 g/mol. The minimum Gasteiger partial charge on any atom is -0.388 e. The number of hydrogen-bond donors (Lipinski definition) is 1. The molecular formula is C14H11BrCl2O. The van der Waals surface area contributed by atoms with Crippen LogP contribution in [0.2, 0.25) is 10.0 Å². The first kappa shape index (κ1) is 13.9. The van der Waals surface area contributed by atoms with Crippen LogP contribution in [-0.4, -0.2) is 5.11 Å². The van der Waals surface area contributed by atoms with E-state index in [2.05, 4.69) is 15.9 Å². The fourth-order valence-corrected chi connectivity index (χ4v) is 2.80. The Morgan fingerprint density at radius 3 is 2.22 bits per heavy atom. The Morgan fingerprint density at radius 2 is 1.61 bits per heavy atom. The largest absolute Gasteiger partial charge is 0.388 e. The van der Waals surface area contributed by atoms with Gasteiger partial charge < -0.3 is 5.11 Å². The van der Waals surface area contributed by atoms with Crippen molar-refractivity contribution in [3.05, 3.63) is 68.1 Å². The molecule has 4 heteroatoms. The van der Waals surface area contributed by atoms with Gasteiger partial charge in [0, 0.05) is 20.9 Å². The number of aliphatic hydroxyl groups excluding tert-OH is 1. The van der Waals surface area contributed by atoms with Crippen LogP contribution < -0.4 is 0 Å². The van der Waals surface area contributed by atoms with E-state index in [0.29, 0.717) is 16.5 Å². The third kappa shape index (κ3) is 3.48. The summed E-state index contributed by atoms with van der Waals surface area (Å²) in [6, 6.07) is 12.8. The van der Waals surface area contributed by atoms with Crippen LogP contribution in [0.25, 0.3) is 0 Å². The molecule has 94 valence electrons. The first-order chi connectivity index (χ1) is 8.56. The molecule has 0 amide bonds. The van der Waals surface area contributed by atoms with E-state index in [9.17, 15) is 5.11 Å². The maximum atomic E-state index is 10.2. The van der Waals surface area contributed by atoms with Crippen molar-refractivity contribution in [2.24, 2.45) is 0 Å². The average Bonchev–Trinajstić information content (AvgIpc) is 2.32. The van der Waals surface area contributed by atoms with Crippen molar-refractivity contribution in [1.29, 1.82) is 0 Å². The lowest BCUT2D eigenvalue weighted by molar-refractivity contribution is 0.177. The fourth-order valence-electron chi connectivity index (χ4n) is 1.73. The van der Waals surface area contributed by atoms with Crippen molar-refractivity contribution in [2.45, 2.75) is 12.5 Å². The molecule has 1 N–H and O–H groups in total. The Balaban J connectivity index is 2.16. The molecule has 0 spiro atoms. The highest BCUT2D eigenvalue weighted by Gasteiger charge is 2.12. The van der Waals surface area contributed by atoms with Crippen LogP contribution in [0.15, 0.2) is 46.9 Å². The molecule has 2 rings (SSSR count). The summed E-state index contributed by atoms with van der Waals surface area (Å²) in [4.78, 5) is 0. The molecule has 0 saturated heterocycles. The van der Waals surface area contributed by atoms with Crippen molar-refractivity contribution < 1.29 is 5.11 Å². The van der Waals surface area contributed by atoms with Crippen molar-refractivity contribution in [2.75, 3.05) is 0 Å². The molecule has 0 aliphatic heterocycles. The Kier molecular flexibility index (Phi) is 4.68. The maximum absolute atomic E-state index is 10.2. The highest BCUT2D eigenvalue weighted by Crippen LogP contribution is 2.28. The van der Waals surface area contributed by atoms with Gasteiger partial charge in [-0.1, -0.05) is 57.3 Å². The zero-order valence-corrected chi connectivity index (χ0v) is 12.5. The molecule has 0 radical (unpaired) electrons. The second kappa shape index (κ2) is 6.07. The van der Waals surface area contributed by atoms with E-state index in [1.165, 1.54) is 0 Å². The highest BCUT2D eigenvalue weighted by molar-refractivity contribution is 9.10. The van der Waals surface area contributed by atoms with Crippen molar-refractivity contribution in [1.82, 2.24) is 0 Å². The van der Waals surface area contributed by atoms with Crippen LogP contribution in [0, 0.1) is 0 Å². The van der Waals surface area contributed by atoms with E-state index >= 15 is 0 Å². The van der Waals surface area contributed by atoms with Crippen LogP contribution in [0.1, 0.15) is 17.2 Å². The second-order valence-corrected chi connectivity index (χ2v) is 5.74. The van der Waals surface area contributed by atoms with Crippen molar-refractivity contribution in [3.8, 4) is 0 Å². The van der Waals surface area contributed by atoms with E-state index < -0.39 is 6.10 Å². The lowest BCUT2D eigenvalue weighted by Gasteiger charge is -2.13.